The van der Waals surface area contributed by atoms with Gasteiger partial charge in [-0.15, -0.1) is 11.3 Å². The molecule has 0 bridgehead atoms. The first-order valence-corrected chi connectivity index (χ1v) is 7.82. The molecular weight excluding hydrogens is 315 g/mol. The van der Waals surface area contributed by atoms with Gasteiger partial charge in [-0.25, -0.2) is 19.2 Å². The van der Waals surface area contributed by atoms with Gasteiger partial charge in [0.2, 0.25) is 0 Å². The number of hydrogen-bond acceptors (Lipinski definition) is 5. The van der Waals surface area contributed by atoms with Crippen LogP contribution in [0.1, 0.15) is 11.6 Å². The maximum absolute atomic E-state index is 13.2. The maximum atomic E-state index is 13.2. The normalized spacial score (nSPS) is 11.4. The van der Waals surface area contributed by atoms with Gasteiger partial charge in [0.1, 0.15) is 20.9 Å². The smallest absolute Gasteiger partial charge is 0.357 e. The van der Waals surface area contributed by atoms with Crippen molar-refractivity contribution in [1.29, 1.82) is 0 Å². The molecule has 1 aromatic carbocycles. The number of pyridine rings is 1. The first kappa shape index (κ1) is 14.0. The van der Waals surface area contributed by atoms with Crippen LogP contribution in [-0.2, 0) is 0 Å². The highest BCUT2D eigenvalue weighted by molar-refractivity contribution is 7.25. The summed E-state index contributed by atoms with van der Waals surface area (Å²) in [5.41, 5.74) is 2.75. The number of aromatic nitrogens is 2. The molecule has 4 nitrogen and oxygen atoms in total. The number of aryl methyl sites for hydroxylation is 2. The Balaban J connectivity index is 2.18. The zero-order chi connectivity index (χ0) is 16.1. The fourth-order valence-electron chi connectivity index (χ4n) is 2.67. The number of hydrogen-bond donors (Lipinski definition) is 0. The van der Waals surface area contributed by atoms with Crippen LogP contribution >= 0.6 is 11.3 Å². The topological polar surface area (TPSA) is 56.0 Å². The van der Waals surface area contributed by atoms with Gasteiger partial charge in [0.25, 0.3) is 0 Å². The first-order chi connectivity index (χ1) is 11.0. The van der Waals surface area contributed by atoms with Crippen LogP contribution in [0.15, 0.2) is 39.5 Å². The van der Waals surface area contributed by atoms with E-state index in [1.54, 1.807) is 19.1 Å². The van der Waals surface area contributed by atoms with Gasteiger partial charge in [-0.2, -0.15) is 0 Å². The summed E-state index contributed by atoms with van der Waals surface area (Å²) in [5, 5.41) is 0.804. The molecule has 23 heavy (non-hydrogen) atoms. The number of nitrogens with zero attached hydrogens (tertiary/aromatic N) is 2. The van der Waals surface area contributed by atoms with E-state index in [2.05, 4.69) is 9.97 Å². The summed E-state index contributed by atoms with van der Waals surface area (Å²) in [5.74, 6) is 0.0217. The van der Waals surface area contributed by atoms with Crippen molar-refractivity contribution in [3.63, 3.8) is 0 Å². The molecule has 3 heterocycles. The number of benzene rings is 1. The number of thiophene rings is 1. The average molecular weight is 326 g/mol. The van der Waals surface area contributed by atoms with Crippen LogP contribution in [0.25, 0.3) is 31.6 Å². The third-order valence-corrected chi connectivity index (χ3v) is 4.67. The lowest BCUT2D eigenvalue weighted by Gasteiger charge is -2.05. The minimum absolute atomic E-state index is 0.291. The van der Waals surface area contributed by atoms with Crippen molar-refractivity contribution in [2.24, 2.45) is 0 Å². The molecule has 114 valence electrons. The lowest BCUT2D eigenvalue weighted by molar-refractivity contribution is 0.468. The lowest BCUT2D eigenvalue weighted by Crippen LogP contribution is -2.00. The van der Waals surface area contributed by atoms with Gasteiger partial charge in [-0.1, -0.05) is 12.1 Å². The Morgan fingerprint density at radius 1 is 1.13 bits per heavy atom. The highest BCUT2D eigenvalue weighted by Crippen LogP contribution is 2.37. The van der Waals surface area contributed by atoms with Gasteiger partial charge < -0.3 is 4.42 Å². The van der Waals surface area contributed by atoms with Crippen molar-refractivity contribution in [2.75, 3.05) is 0 Å². The Hall–Kier alpha value is -2.60. The molecule has 0 amide bonds. The predicted molar refractivity (Wildman–Crippen MR) is 88.3 cm³/mol. The van der Waals surface area contributed by atoms with Gasteiger partial charge in [0.15, 0.2) is 5.89 Å². The van der Waals surface area contributed by atoms with E-state index in [0.717, 1.165) is 27.0 Å². The van der Waals surface area contributed by atoms with E-state index in [0.29, 0.717) is 16.1 Å². The molecule has 0 saturated heterocycles. The molecule has 0 unspecified atom stereocenters. The SMILES string of the molecule is Cc1cc(-c2ccc(F)cc2)c2c(n1)sc1c(=O)oc(C)nc12. The minimum atomic E-state index is -0.404. The maximum Gasteiger partial charge on any atom is 0.357 e. The molecule has 0 radical (unpaired) electrons. The third kappa shape index (κ3) is 2.22. The van der Waals surface area contributed by atoms with E-state index in [9.17, 15) is 9.18 Å². The average Bonchev–Trinajstić information content (AvgIpc) is 2.86. The van der Waals surface area contributed by atoms with Gasteiger partial charge >= 0.3 is 5.63 Å². The zero-order valence-electron chi connectivity index (χ0n) is 12.4. The molecule has 0 atom stereocenters. The molecule has 4 rings (SSSR count). The molecular formula is C17H11FN2O2S. The number of fused-ring (bicyclic) bond motifs is 3. The molecule has 0 aliphatic rings. The summed E-state index contributed by atoms with van der Waals surface area (Å²) >= 11 is 1.27. The quantitative estimate of drug-likeness (QED) is 0.525. The van der Waals surface area contributed by atoms with Crippen molar-refractivity contribution in [3.05, 3.63) is 58.2 Å². The fraction of sp³-hybridized carbons (Fsp3) is 0.118. The van der Waals surface area contributed by atoms with Crippen molar-refractivity contribution in [2.45, 2.75) is 13.8 Å². The summed E-state index contributed by atoms with van der Waals surface area (Å²) in [6, 6.07) is 8.18. The van der Waals surface area contributed by atoms with Crippen molar-refractivity contribution < 1.29 is 8.81 Å². The van der Waals surface area contributed by atoms with Crippen molar-refractivity contribution in [1.82, 2.24) is 9.97 Å². The molecule has 3 aromatic heterocycles. The highest BCUT2D eigenvalue weighted by atomic mass is 32.1. The van der Waals surface area contributed by atoms with E-state index in [-0.39, 0.29) is 5.82 Å². The van der Waals surface area contributed by atoms with Gasteiger partial charge in [0.05, 0.1) is 0 Å². The molecule has 0 N–H and O–H groups in total. The van der Waals surface area contributed by atoms with Gasteiger partial charge in [-0.05, 0) is 36.2 Å². The largest absolute Gasteiger partial charge is 0.408 e. The summed E-state index contributed by atoms with van der Waals surface area (Å²) in [4.78, 5) is 21.7. The summed E-state index contributed by atoms with van der Waals surface area (Å²) in [6.07, 6.45) is 0. The molecule has 4 aromatic rings. The Bertz CT molecular complexity index is 1110. The predicted octanol–water partition coefficient (Wildman–Crippen LogP) is 4.22. The highest BCUT2D eigenvalue weighted by Gasteiger charge is 2.17. The second-order valence-electron chi connectivity index (χ2n) is 5.30. The van der Waals surface area contributed by atoms with E-state index >= 15 is 0 Å². The second-order valence-corrected chi connectivity index (χ2v) is 6.30. The summed E-state index contributed by atoms with van der Waals surface area (Å²) in [7, 11) is 0. The van der Waals surface area contributed by atoms with Crippen LogP contribution in [-0.4, -0.2) is 9.97 Å². The Kier molecular flexibility index (Phi) is 3.02. The molecule has 6 heteroatoms. The van der Waals surface area contributed by atoms with Crippen LogP contribution in [0.2, 0.25) is 0 Å². The van der Waals surface area contributed by atoms with E-state index < -0.39 is 5.63 Å². The van der Waals surface area contributed by atoms with Gasteiger partial charge in [0, 0.05) is 18.0 Å². The van der Waals surface area contributed by atoms with Crippen LogP contribution in [0.4, 0.5) is 4.39 Å². The van der Waals surface area contributed by atoms with Crippen LogP contribution < -0.4 is 5.63 Å². The van der Waals surface area contributed by atoms with Crippen LogP contribution in [0.5, 0.6) is 0 Å². The molecule has 0 saturated carbocycles. The third-order valence-electron chi connectivity index (χ3n) is 3.62. The first-order valence-electron chi connectivity index (χ1n) is 7.00. The summed E-state index contributed by atoms with van der Waals surface area (Å²) in [6.45, 7) is 3.53. The van der Waals surface area contributed by atoms with E-state index in [4.69, 9.17) is 4.42 Å². The molecule has 0 aliphatic heterocycles. The van der Waals surface area contributed by atoms with Crippen molar-refractivity contribution in [3.8, 4) is 11.1 Å². The number of rotatable bonds is 1. The summed E-state index contributed by atoms with van der Waals surface area (Å²) < 4.78 is 18.7. The number of halogens is 1. The Morgan fingerprint density at radius 2 is 1.87 bits per heavy atom. The Labute approximate surface area is 134 Å². The van der Waals surface area contributed by atoms with Gasteiger partial charge in [-0.3, -0.25) is 0 Å². The zero-order valence-corrected chi connectivity index (χ0v) is 13.2. The minimum Gasteiger partial charge on any atom is -0.408 e. The monoisotopic (exact) mass is 326 g/mol. The Morgan fingerprint density at radius 3 is 2.61 bits per heavy atom. The standard InChI is InChI=1S/C17H11FN2O2S/c1-8-7-12(10-3-5-11(18)6-4-10)13-14-15(23-16(13)19-8)17(21)22-9(2)20-14/h3-7H,1-2H3. The second kappa shape index (κ2) is 4.96. The lowest BCUT2D eigenvalue weighted by atomic mass is 10.0. The molecule has 0 spiro atoms. The van der Waals surface area contributed by atoms with Crippen LogP contribution in [0, 0.1) is 19.7 Å². The van der Waals surface area contributed by atoms with E-state index in [1.165, 1.54) is 23.5 Å². The van der Waals surface area contributed by atoms with E-state index in [1.807, 2.05) is 13.0 Å². The fourth-order valence-corrected chi connectivity index (χ4v) is 3.73. The molecule has 0 fully saturated rings. The molecule has 0 aliphatic carbocycles. The van der Waals surface area contributed by atoms with Crippen molar-refractivity contribution >= 4 is 31.8 Å². The van der Waals surface area contributed by atoms with Crippen LogP contribution in [0.3, 0.4) is 0 Å².